The normalized spacial score (nSPS) is 10.2. The summed E-state index contributed by atoms with van der Waals surface area (Å²) in [4.78, 5) is 11.8. The molecule has 4 N–H and O–H groups in total. The Morgan fingerprint density at radius 2 is 2.12 bits per heavy atom. The summed E-state index contributed by atoms with van der Waals surface area (Å²) in [6, 6.07) is 9.67. The number of aromatic nitrogens is 2. The predicted octanol–water partition coefficient (Wildman–Crippen LogP) is 1.23. The van der Waals surface area contributed by atoms with Crippen LogP contribution >= 0.6 is 0 Å². The van der Waals surface area contributed by atoms with Gasteiger partial charge in [0.15, 0.2) is 5.69 Å². The van der Waals surface area contributed by atoms with Crippen molar-refractivity contribution in [2.24, 2.45) is 0 Å². The van der Waals surface area contributed by atoms with Crippen molar-refractivity contribution < 1.29 is 4.79 Å². The molecule has 5 nitrogen and oxygen atoms in total. The van der Waals surface area contributed by atoms with E-state index in [1.54, 1.807) is 6.92 Å². The van der Waals surface area contributed by atoms with E-state index >= 15 is 0 Å². The summed E-state index contributed by atoms with van der Waals surface area (Å²) in [6.07, 6.45) is 0. The van der Waals surface area contributed by atoms with Crippen molar-refractivity contribution in [3.63, 3.8) is 0 Å². The Morgan fingerprint density at radius 1 is 1.41 bits per heavy atom. The average molecular weight is 230 g/mol. The minimum Gasteiger partial charge on any atom is -0.395 e. The van der Waals surface area contributed by atoms with Crippen LogP contribution in [0.25, 0.3) is 0 Å². The Morgan fingerprint density at radius 3 is 2.71 bits per heavy atom. The van der Waals surface area contributed by atoms with Crippen LogP contribution in [0.5, 0.6) is 0 Å². The van der Waals surface area contributed by atoms with E-state index in [1.807, 2.05) is 30.3 Å². The summed E-state index contributed by atoms with van der Waals surface area (Å²) in [5.74, 6) is -0.268. The fraction of sp³-hybridized carbons (Fsp3) is 0.167. The standard InChI is InChI=1S/C12H14N4O/c1-8-10(13)11(16-15-8)12(17)14-7-9-5-3-2-4-6-9/h2-6H,7,13H2,1H3,(H,14,17)(H,15,16). The SMILES string of the molecule is Cc1[nH]nc(C(=O)NCc2ccccc2)c1N. The Balaban J connectivity index is 2.01. The van der Waals surface area contributed by atoms with Gasteiger partial charge in [0, 0.05) is 6.54 Å². The summed E-state index contributed by atoms with van der Waals surface area (Å²) < 4.78 is 0. The molecule has 1 amide bonds. The molecule has 2 aromatic rings. The maximum atomic E-state index is 11.8. The monoisotopic (exact) mass is 230 g/mol. The number of rotatable bonds is 3. The first-order valence-corrected chi connectivity index (χ1v) is 5.31. The maximum Gasteiger partial charge on any atom is 0.274 e. The minimum absolute atomic E-state index is 0.249. The molecule has 0 aliphatic heterocycles. The third kappa shape index (κ3) is 2.44. The van der Waals surface area contributed by atoms with Crippen LogP contribution in [0.3, 0.4) is 0 Å². The van der Waals surface area contributed by atoms with E-state index in [2.05, 4.69) is 15.5 Å². The molecule has 5 heteroatoms. The van der Waals surface area contributed by atoms with Gasteiger partial charge in [-0.05, 0) is 12.5 Å². The molecule has 1 aromatic carbocycles. The summed E-state index contributed by atoms with van der Waals surface area (Å²) in [6.45, 7) is 2.24. The number of hydrogen-bond donors (Lipinski definition) is 3. The molecule has 0 saturated carbocycles. The zero-order valence-corrected chi connectivity index (χ0v) is 9.53. The van der Waals surface area contributed by atoms with E-state index in [1.165, 1.54) is 0 Å². The minimum atomic E-state index is -0.268. The number of aromatic amines is 1. The maximum absolute atomic E-state index is 11.8. The van der Waals surface area contributed by atoms with Crippen LogP contribution in [0.2, 0.25) is 0 Å². The van der Waals surface area contributed by atoms with Gasteiger partial charge in [0.25, 0.3) is 5.91 Å². The third-order valence-corrected chi connectivity index (χ3v) is 2.51. The zero-order chi connectivity index (χ0) is 12.3. The largest absolute Gasteiger partial charge is 0.395 e. The Hall–Kier alpha value is -2.30. The van der Waals surface area contributed by atoms with E-state index in [9.17, 15) is 4.79 Å². The number of nitrogen functional groups attached to an aromatic ring is 1. The molecule has 88 valence electrons. The number of H-pyrrole nitrogens is 1. The number of anilines is 1. The van der Waals surface area contributed by atoms with Gasteiger partial charge in [0.05, 0.1) is 11.4 Å². The molecule has 1 aromatic heterocycles. The highest BCUT2D eigenvalue weighted by atomic mass is 16.1. The lowest BCUT2D eigenvalue weighted by Gasteiger charge is -2.03. The molecule has 2 rings (SSSR count). The Bertz CT molecular complexity index is 519. The van der Waals surface area contributed by atoms with Crippen LogP contribution in [-0.4, -0.2) is 16.1 Å². The van der Waals surface area contributed by atoms with Crippen molar-refractivity contribution >= 4 is 11.6 Å². The fourth-order valence-corrected chi connectivity index (χ4v) is 1.47. The lowest BCUT2D eigenvalue weighted by atomic mass is 10.2. The van der Waals surface area contributed by atoms with Crippen LogP contribution in [0.4, 0.5) is 5.69 Å². The first-order chi connectivity index (χ1) is 8.18. The highest BCUT2D eigenvalue weighted by Gasteiger charge is 2.14. The summed E-state index contributed by atoms with van der Waals surface area (Å²) in [5, 5.41) is 9.31. The van der Waals surface area contributed by atoms with Crippen LogP contribution in [0, 0.1) is 6.92 Å². The fourth-order valence-electron chi connectivity index (χ4n) is 1.47. The number of nitrogens with one attached hydrogen (secondary N) is 2. The number of carbonyl (C=O) groups is 1. The lowest BCUT2D eigenvalue weighted by Crippen LogP contribution is -2.24. The van der Waals surface area contributed by atoms with E-state index < -0.39 is 0 Å². The number of amides is 1. The van der Waals surface area contributed by atoms with E-state index in [0.29, 0.717) is 17.9 Å². The first-order valence-electron chi connectivity index (χ1n) is 5.31. The van der Waals surface area contributed by atoms with Gasteiger partial charge in [-0.25, -0.2) is 0 Å². The van der Waals surface area contributed by atoms with Crippen LogP contribution in [0.1, 0.15) is 21.7 Å². The van der Waals surface area contributed by atoms with Crippen molar-refractivity contribution in [3.05, 3.63) is 47.3 Å². The van der Waals surface area contributed by atoms with Gasteiger partial charge >= 0.3 is 0 Å². The van der Waals surface area contributed by atoms with Gasteiger partial charge in [0.1, 0.15) is 0 Å². The van der Waals surface area contributed by atoms with E-state index in [-0.39, 0.29) is 11.6 Å². The molecular weight excluding hydrogens is 216 g/mol. The third-order valence-electron chi connectivity index (χ3n) is 2.51. The number of nitrogens with zero attached hydrogens (tertiary/aromatic N) is 1. The first kappa shape index (κ1) is 11.2. The van der Waals surface area contributed by atoms with Gasteiger partial charge in [-0.3, -0.25) is 9.89 Å². The van der Waals surface area contributed by atoms with Crippen LogP contribution in [0.15, 0.2) is 30.3 Å². The van der Waals surface area contributed by atoms with Crippen molar-refractivity contribution in [1.29, 1.82) is 0 Å². The molecule has 0 bridgehead atoms. The van der Waals surface area contributed by atoms with Crippen molar-refractivity contribution in [2.45, 2.75) is 13.5 Å². The van der Waals surface area contributed by atoms with Crippen molar-refractivity contribution in [3.8, 4) is 0 Å². The van der Waals surface area contributed by atoms with E-state index in [0.717, 1.165) is 5.56 Å². The lowest BCUT2D eigenvalue weighted by molar-refractivity contribution is 0.0947. The molecule has 0 spiro atoms. The summed E-state index contributed by atoms with van der Waals surface area (Å²) in [7, 11) is 0. The quantitative estimate of drug-likeness (QED) is 0.741. The second-order valence-electron chi connectivity index (χ2n) is 3.78. The predicted molar refractivity (Wildman–Crippen MR) is 65.3 cm³/mol. The Kier molecular flexibility index (Phi) is 3.09. The number of carbonyl (C=O) groups excluding carboxylic acids is 1. The number of nitrogens with two attached hydrogens (primary N) is 1. The van der Waals surface area contributed by atoms with E-state index in [4.69, 9.17) is 5.73 Å². The average Bonchev–Trinajstić information content (AvgIpc) is 2.69. The van der Waals surface area contributed by atoms with Gasteiger partial charge in [0.2, 0.25) is 0 Å². The molecule has 0 unspecified atom stereocenters. The molecule has 0 aliphatic rings. The summed E-state index contributed by atoms with van der Waals surface area (Å²) >= 11 is 0. The number of aryl methyl sites for hydroxylation is 1. The second kappa shape index (κ2) is 4.69. The molecule has 17 heavy (non-hydrogen) atoms. The molecule has 0 fully saturated rings. The van der Waals surface area contributed by atoms with Crippen LogP contribution in [-0.2, 0) is 6.54 Å². The van der Waals surface area contributed by atoms with Crippen LogP contribution < -0.4 is 11.1 Å². The topological polar surface area (TPSA) is 83.8 Å². The zero-order valence-electron chi connectivity index (χ0n) is 9.53. The molecule has 0 saturated heterocycles. The molecule has 1 heterocycles. The van der Waals surface area contributed by atoms with Gasteiger partial charge < -0.3 is 11.1 Å². The smallest absolute Gasteiger partial charge is 0.274 e. The molecular formula is C12H14N4O. The van der Waals surface area contributed by atoms with Gasteiger partial charge in [-0.1, -0.05) is 30.3 Å². The van der Waals surface area contributed by atoms with Gasteiger partial charge in [-0.15, -0.1) is 0 Å². The van der Waals surface area contributed by atoms with Gasteiger partial charge in [-0.2, -0.15) is 5.10 Å². The Labute approximate surface area is 99.0 Å². The molecule has 0 atom stereocenters. The molecule has 0 aliphatic carbocycles. The second-order valence-corrected chi connectivity index (χ2v) is 3.78. The highest BCUT2D eigenvalue weighted by molar-refractivity contribution is 5.97. The summed E-state index contributed by atoms with van der Waals surface area (Å²) in [5.41, 5.74) is 8.10. The number of hydrogen-bond acceptors (Lipinski definition) is 3. The number of benzene rings is 1. The van der Waals surface area contributed by atoms with Crippen molar-refractivity contribution in [1.82, 2.24) is 15.5 Å². The molecule has 0 radical (unpaired) electrons. The highest BCUT2D eigenvalue weighted by Crippen LogP contribution is 2.12. The van der Waals surface area contributed by atoms with Crippen molar-refractivity contribution in [2.75, 3.05) is 5.73 Å².